The summed E-state index contributed by atoms with van der Waals surface area (Å²) in [4.78, 5) is 49.7. The maximum atomic E-state index is 12.8. The van der Waals surface area contributed by atoms with E-state index in [0.29, 0.717) is 16.7 Å². The van der Waals surface area contributed by atoms with Gasteiger partial charge in [-0.05, 0) is 41.3 Å². The summed E-state index contributed by atoms with van der Waals surface area (Å²) in [5, 5.41) is 4.78. The van der Waals surface area contributed by atoms with E-state index in [1.165, 1.54) is 17.0 Å². The van der Waals surface area contributed by atoms with Crippen molar-refractivity contribution in [3.8, 4) is 0 Å². The molecule has 11 heteroatoms. The third-order valence-electron chi connectivity index (χ3n) is 5.68. The molecule has 2 aromatic rings. The van der Waals surface area contributed by atoms with Gasteiger partial charge in [0.25, 0.3) is 5.91 Å². The molecule has 2 heterocycles. The Morgan fingerprint density at radius 2 is 1.79 bits per heavy atom. The van der Waals surface area contributed by atoms with E-state index < -0.39 is 29.8 Å². The van der Waals surface area contributed by atoms with E-state index >= 15 is 0 Å². The number of carbonyl (C=O) groups excluding carboxylic acids is 4. The minimum Gasteiger partial charge on any atom is -0.445 e. The van der Waals surface area contributed by atoms with Crippen molar-refractivity contribution in [2.45, 2.75) is 44.8 Å². The van der Waals surface area contributed by atoms with Crippen molar-refractivity contribution in [2.24, 2.45) is 0 Å². The SMILES string of the molecule is O=C1CCC(N2Cc3ccc(CNC(=O)OCc4ccc(C(F)(F)F)cc4)cc3C2=O)C(=O)N1. The van der Waals surface area contributed by atoms with Crippen LogP contribution in [0.3, 0.4) is 0 Å². The molecule has 4 rings (SSSR count). The maximum absolute atomic E-state index is 12.8. The van der Waals surface area contributed by atoms with Gasteiger partial charge in [0.1, 0.15) is 12.6 Å². The van der Waals surface area contributed by atoms with Crippen LogP contribution in [0.15, 0.2) is 42.5 Å². The summed E-state index contributed by atoms with van der Waals surface area (Å²) >= 11 is 0. The van der Waals surface area contributed by atoms with Gasteiger partial charge in [0.05, 0.1) is 5.56 Å². The summed E-state index contributed by atoms with van der Waals surface area (Å²) in [6, 6.07) is 8.68. The predicted octanol–water partition coefficient (Wildman–Crippen LogP) is 2.89. The number of hydrogen-bond acceptors (Lipinski definition) is 5. The topological polar surface area (TPSA) is 105 Å². The van der Waals surface area contributed by atoms with Gasteiger partial charge in [-0.2, -0.15) is 13.2 Å². The number of alkyl carbamates (subject to hydrolysis) is 1. The van der Waals surface area contributed by atoms with Crippen molar-refractivity contribution in [2.75, 3.05) is 0 Å². The molecule has 1 atom stereocenters. The monoisotopic (exact) mass is 475 g/mol. The zero-order valence-electron chi connectivity index (χ0n) is 17.8. The Morgan fingerprint density at radius 1 is 1.09 bits per heavy atom. The number of imide groups is 1. The third-order valence-corrected chi connectivity index (χ3v) is 5.68. The zero-order chi connectivity index (χ0) is 24.5. The Labute approximate surface area is 192 Å². The average molecular weight is 475 g/mol. The van der Waals surface area contributed by atoms with Gasteiger partial charge in [-0.25, -0.2) is 4.79 Å². The third kappa shape index (κ3) is 5.03. The number of ether oxygens (including phenoxy) is 1. The summed E-state index contributed by atoms with van der Waals surface area (Å²) in [6.45, 7) is 0.113. The van der Waals surface area contributed by atoms with E-state index in [1.807, 2.05) is 0 Å². The molecule has 1 saturated heterocycles. The number of rotatable bonds is 5. The summed E-state index contributed by atoms with van der Waals surface area (Å²) in [6.07, 6.45) is -4.77. The van der Waals surface area contributed by atoms with Crippen LogP contribution < -0.4 is 10.6 Å². The number of halogens is 3. The first-order valence-corrected chi connectivity index (χ1v) is 10.4. The van der Waals surface area contributed by atoms with Crippen LogP contribution >= 0.6 is 0 Å². The summed E-state index contributed by atoms with van der Waals surface area (Å²) in [5.74, 6) is -1.17. The van der Waals surface area contributed by atoms with Crippen LogP contribution in [0, 0.1) is 0 Å². The van der Waals surface area contributed by atoms with Gasteiger partial charge >= 0.3 is 12.3 Å². The van der Waals surface area contributed by atoms with Crippen molar-refractivity contribution in [3.05, 3.63) is 70.3 Å². The molecule has 34 heavy (non-hydrogen) atoms. The molecule has 0 aliphatic carbocycles. The number of alkyl halides is 3. The summed E-state index contributed by atoms with van der Waals surface area (Å²) in [7, 11) is 0. The largest absolute Gasteiger partial charge is 0.445 e. The smallest absolute Gasteiger partial charge is 0.416 e. The number of carbonyl (C=O) groups is 4. The van der Waals surface area contributed by atoms with Crippen LogP contribution in [0.2, 0.25) is 0 Å². The highest BCUT2D eigenvalue weighted by molar-refractivity contribution is 6.05. The van der Waals surface area contributed by atoms with Crippen LogP contribution in [0.1, 0.15) is 45.5 Å². The molecule has 2 aromatic carbocycles. The molecule has 4 amide bonds. The Morgan fingerprint density at radius 3 is 2.47 bits per heavy atom. The summed E-state index contributed by atoms with van der Waals surface area (Å²) < 4.78 is 42.8. The molecule has 0 saturated carbocycles. The van der Waals surface area contributed by atoms with Gasteiger partial charge in [-0.1, -0.05) is 24.3 Å². The number of hydrogen-bond donors (Lipinski definition) is 2. The first kappa shape index (κ1) is 23.3. The second kappa shape index (κ2) is 9.16. The minimum absolute atomic E-state index is 0.0603. The average Bonchev–Trinajstić information content (AvgIpc) is 3.11. The maximum Gasteiger partial charge on any atom is 0.416 e. The molecule has 178 valence electrons. The van der Waals surface area contributed by atoms with E-state index in [-0.39, 0.29) is 44.4 Å². The molecule has 1 fully saturated rings. The van der Waals surface area contributed by atoms with Crippen LogP contribution in [0.5, 0.6) is 0 Å². The highest BCUT2D eigenvalue weighted by atomic mass is 19.4. The first-order chi connectivity index (χ1) is 16.1. The fraction of sp³-hybridized carbons (Fsp3) is 0.304. The second-order valence-electron chi connectivity index (χ2n) is 8.02. The normalized spacial score (nSPS) is 17.9. The van der Waals surface area contributed by atoms with Crippen LogP contribution in [0.4, 0.5) is 18.0 Å². The Kier molecular flexibility index (Phi) is 6.27. The second-order valence-corrected chi connectivity index (χ2v) is 8.02. The van der Waals surface area contributed by atoms with Gasteiger partial charge < -0.3 is 15.0 Å². The molecular weight excluding hydrogens is 455 g/mol. The molecule has 0 bridgehead atoms. The molecule has 0 radical (unpaired) electrons. The molecule has 0 aromatic heterocycles. The highest BCUT2D eigenvalue weighted by Gasteiger charge is 2.39. The van der Waals surface area contributed by atoms with Gasteiger partial charge in [-0.3, -0.25) is 19.7 Å². The van der Waals surface area contributed by atoms with Crippen LogP contribution in [-0.4, -0.2) is 34.8 Å². The van der Waals surface area contributed by atoms with Gasteiger partial charge in [0.15, 0.2) is 0 Å². The lowest BCUT2D eigenvalue weighted by Crippen LogP contribution is -2.52. The van der Waals surface area contributed by atoms with E-state index in [1.54, 1.807) is 18.2 Å². The quantitative estimate of drug-likeness (QED) is 0.648. The van der Waals surface area contributed by atoms with Crippen LogP contribution in [-0.2, 0) is 40.2 Å². The number of amides is 4. The molecule has 8 nitrogen and oxygen atoms in total. The molecule has 2 aliphatic heterocycles. The number of piperidine rings is 1. The number of benzene rings is 2. The fourth-order valence-corrected chi connectivity index (χ4v) is 3.88. The molecule has 1 unspecified atom stereocenters. The molecule has 2 N–H and O–H groups in total. The highest BCUT2D eigenvalue weighted by Crippen LogP contribution is 2.29. The Hall–Kier alpha value is -3.89. The van der Waals surface area contributed by atoms with Crippen molar-refractivity contribution >= 4 is 23.8 Å². The zero-order valence-corrected chi connectivity index (χ0v) is 17.8. The molecule has 0 spiro atoms. The van der Waals surface area contributed by atoms with E-state index in [0.717, 1.165) is 17.7 Å². The van der Waals surface area contributed by atoms with Crippen molar-refractivity contribution in [1.82, 2.24) is 15.5 Å². The van der Waals surface area contributed by atoms with Crippen LogP contribution in [0.25, 0.3) is 0 Å². The Bertz CT molecular complexity index is 1150. The molecular formula is C23H20F3N3O5. The summed E-state index contributed by atoms with van der Waals surface area (Å²) in [5.41, 5.74) is 1.40. The number of fused-ring (bicyclic) bond motifs is 1. The lowest BCUT2D eigenvalue weighted by atomic mass is 10.0. The van der Waals surface area contributed by atoms with Crippen molar-refractivity contribution < 1.29 is 37.1 Å². The Balaban J connectivity index is 1.30. The first-order valence-electron chi connectivity index (χ1n) is 10.4. The number of nitrogens with one attached hydrogen (secondary N) is 2. The van der Waals surface area contributed by atoms with E-state index in [2.05, 4.69) is 10.6 Å². The lowest BCUT2D eigenvalue weighted by molar-refractivity contribution is -0.138. The number of nitrogens with zero attached hydrogens (tertiary/aromatic N) is 1. The predicted molar refractivity (Wildman–Crippen MR) is 111 cm³/mol. The van der Waals surface area contributed by atoms with Gasteiger partial charge in [0, 0.05) is 25.1 Å². The fourth-order valence-electron chi connectivity index (χ4n) is 3.88. The van der Waals surface area contributed by atoms with E-state index in [4.69, 9.17) is 4.74 Å². The van der Waals surface area contributed by atoms with Gasteiger partial charge in [-0.15, -0.1) is 0 Å². The standard InChI is InChI=1S/C23H20F3N3O5/c24-23(25,26)16-5-2-13(3-6-16)12-34-22(33)27-10-14-1-4-15-11-29(21(32)17(15)9-14)18-7-8-19(30)28-20(18)31/h1-6,9,18H,7-8,10-12H2,(H,27,33)(H,28,30,31). The van der Waals surface area contributed by atoms with E-state index in [9.17, 15) is 32.3 Å². The van der Waals surface area contributed by atoms with Crippen molar-refractivity contribution in [1.29, 1.82) is 0 Å². The molecule has 2 aliphatic rings. The lowest BCUT2D eigenvalue weighted by Gasteiger charge is -2.29. The minimum atomic E-state index is -4.44. The van der Waals surface area contributed by atoms with Gasteiger partial charge in [0.2, 0.25) is 11.8 Å². The van der Waals surface area contributed by atoms with Crippen molar-refractivity contribution in [3.63, 3.8) is 0 Å².